The van der Waals surface area contributed by atoms with E-state index >= 15 is 0 Å². The minimum absolute atomic E-state index is 0.0964. The number of thioether (sulfide) groups is 1. The van der Waals surface area contributed by atoms with Crippen LogP contribution >= 0.6 is 11.8 Å². The van der Waals surface area contributed by atoms with E-state index in [1.54, 1.807) is 0 Å². The number of nitrogens with one attached hydrogen (secondary N) is 1. The molecule has 0 atom stereocenters. The third-order valence-electron chi connectivity index (χ3n) is 5.00. The summed E-state index contributed by atoms with van der Waals surface area (Å²) in [6.07, 6.45) is 0. The van der Waals surface area contributed by atoms with Crippen LogP contribution < -0.4 is 15.0 Å². The van der Waals surface area contributed by atoms with Crippen molar-refractivity contribution in [3.05, 3.63) is 54.1 Å². The molecule has 2 heterocycles. The molecule has 2 aromatic carbocycles. The SMILES string of the molecule is CCn1c(SCC(=O)Nc2ccc(Oc3cccc(C)c3)cc2)nnc1N1CCOCC1. The highest BCUT2D eigenvalue weighted by Gasteiger charge is 2.20. The van der Waals surface area contributed by atoms with E-state index in [0.717, 1.165) is 53.5 Å². The number of benzene rings is 2. The Hall–Kier alpha value is -3.04. The molecule has 0 spiro atoms. The molecule has 1 aliphatic rings. The van der Waals surface area contributed by atoms with E-state index in [-0.39, 0.29) is 11.7 Å². The molecule has 8 nitrogen and oxygen atoms in total. The Kier molecular flexibility index (Phi) is 7.28. The topological polar surface area (TPSA) is 81.5 Å². The number of rotatable bonds is 8. The predicted octanol–water partition coefficient (Wildman–Crippen LogP) is 3.97. The number of hydrogen-bond acceptors (Lipinski definition) is 7. The molecule has 3 aromatic rings. The smallest absolute Gasteiger partial charge is 0.234 e. The van der Waals surface area contributed by atoms with Gasteiger partial charge in [0.25, 0.3) is 0 Å². The minimum atomic E-state index is -0.0964. The van der Waals surface area contributed by atoms with Crippen LogP contribution in [0.2, 0.25) is 0 Å². The van der Waals surface area contributed by atoms with Gasteiger partial charge >= 0.3 is 0 Å². The molecule has 0 unspecified atom stereocenters. The first-order valence-corrected chi connectivity index (χ1v) is 11.6. The van der Waals surface area contributed by atoms with Gasteiger partial charge in [0.1, 0.15) is 11.5 Å². The van der Waals surface area contributed by atoms with Crippen molar-refractivity contribution in [2.45, 2.75) is 25.5 Å². The maximum Gasteiger partial charge on any atom is 0.234 e. The summed E-state index contributed by atoms with van der Waals surface area (Å²) in [5, 5.41) is 12.3. The average Bonchev–Trinajstić information content (AvgIpc) is 3.23. The summed E-state index contributed by atoms with van der Waals surface area (Å²) < 4.78 is 13.3. The normalized spacial score (nSPS) is 13.8. The summed E-state index contributed by atoms with van der Waals surface area (Å²) in [5.74, 6) is 2.50. The number of nitrogens with zero attached hydrogens (tertiary/aromatic N) is 4. The summed E-state index contributed by atoms with van der Waals surface area (Å²) in [5.41, 5.74) is 1.86. The maximum atomic E-state index is 12.5. The van der Waals surface area contributed by atoms with Gasteiger partial charge in [-0.05, 0) is 55.8 Å². The van der Waals surface area contributed by atoms with Crippen molar-refractivity contribution in [3.63, 3.8) is 0 Å². The lowest BCUT2D eigenvalue weighted by atomic mass is 10.2. The Morgan fingerprint density at radius 2 is 1.91 bits per heavy atom. The molecule has 4 rings (SSSR count). The molecule has 1 amide bonds. The van der Waals surface area contributed by atoms with Gasteiger partial charge in [-0.15, -0.1) is 10.2 Å². The zero-order chi connectivity index (χ0) is 22.3. The second-order valence-corrected chi connectivity index (χ2v) is 8.35. The van der Waals surface area contributed by atoms with E-state index in [0.29, 0.717) is 13.2 Å². The van der Waals surface area contributed by atoms with E-state index in [1.807, 2.05) is 60.0 Å². The number of morpholine rings is 1. The fourth-order valence-corrected chi connectivity index (χ4v) is 4.21. The molecule has 32 heavy (non-hydrogen) atoms. The number of hydrogen-bond donors (Lipinski definition) is 1. The first kappa shape index (κ1) is 22.2. The highest BCUT2D eigenvalue weighted by molar-refractivity contribution is 7.99. The van der Waals surface area contributed by atoms with Gasteiger partial charge in [0.15, 0.2) is 5.16 Å². The summed E-state index contributed by atoms with van der Waals surface area (Å²) in [6, 6.07) is 15.2. The lowest BCUT2D eigenvalue weighted by Crippen LogP contribution is -2.38. The zero-order valence-electron chi connectivity index (χ0n) is 18.3. The van der Waals surface area contributed by atoms with Gasteiger partial charge in [0.2, 0.25) is 11.9 Å². The van der Waals surface area contributed by atoms with Crippen molar-refractivity contribution in [3.8, 4) is 11.5 Å². The van der Waals surface area contributed by atoms with Crippen molar-refractivity contribution >= 4 is 29.3 Å². The molecule has 1 N–H and O–H groups in total. The Morgan fingerprint density at radius 3 is 2.62 bits per heavy atom. The minimum Gasteiger partial charge on any atom is -0.457 e. The first-order chi connectivity index (χ1) is 15.6. The average molecular weight is 454 g/mol. The van der Waals surface area contributed by atoms with Gasteiger partial charge in [-0.25, -0.2) is 0 Å². The highest BCUT2D eigenvalue weighted by atomic mass is 32.2. The van der Waals surface area contributed by atoms with E-state index in [2.05, 4.69) is 27.3 Å². The van der Waals surface area contributed by atoms with Crippen LogP contribution in [0.3, 0.4) is 0 Å². The van der Waals surface area contributed by atoms with Crippen LogP contribution in [0.5, 0.6) is 11.5 Å². The summed E-state index contributed by atoms with van der Waals surface area (Å²) >= 11 is 1.38. The lowest BCUT2D eigenvalue weighted by Gasteiger charge is -2.27. The van der Waals surface area contributed by atoms with Crippen LogP contribution in [0.25, 0.3) is 0 Å². The molecule has 1 saturated heterocycles. The number of aryl methyl sites for hydroxylation is 1. The fourth-order valence-electron chi connectivity index (χ4n) is 3.41. The van der Waals surface area contributed by atoms with Crippen LogP contribution in [-0.2, 0) is 16.1 Å². The van der Waals surface area contributed by atoms with Gasteiger partial charge in [-0.2, -0.15) is 0 Å². The maximum absolute atomic E-state index is 12.5. The van der Waals surface area contributed by atoms with Crippen LogP contribution in [0.1, 0.15) is 12.5 Å². The molecule has 1 aromatic heterocycles. The molecule has 0 bridgehead atoms. The monoisotopic (exact) mass is 453 g/mol. The number of carbonyl (C=O) groups is 1. The van der Waals surface area contributed by atoms with E-state index in [9.17, 15) is 4.79 Å². The predicted molar refractivity (Wildman–Crippen MR) is 126 cm³/mol. The van der Waals surface area contributed by atoms with Crippen LogP contribution in [-0.4, -0.2) is 52.7 Å². The van der Waals surface area contributed by atoms with Crippen molar-refractivity contribution in [2.75, 3.05) is 42.3 Å². The van der Waals surface area contributed by atoms with Gasteiger partial charge in [-0.3, -0.25) is 9.36 Å². The quantitative estimate of drug-likeness (QED) is 0.517. The van der Waals surface area contributed by atoms with Crippen molar-refractivity contribution < 1.29 is 14.3 Å². The Bertz CT molecular complexity index is 1050. The summed E-state index contributed by atoms with van der Waals surface area (Å²) in [6.45, 7) is 7.80. The standard InChI is InChI=1S/C23H27N5O3S/c1-3-28-22(27-11-13-30-14-12-27)25-26-23(28)32-16-21(29)24-18-7-9-19(10-8-18)31-20-6-4-5-17(2)15-20/h4-10,15H,3,11-14,16H2,1-2H3,(H,24,29). The molecule has 1 fully saturated rings. The van der Waals surface area contributed by atoms with E-state index < -0.39 is 0 Å². The third kappa shape index (κ3) is 5.60. The van der Waals surface area contributed by atoms with Gasteiger partial charge in [0.05, 0.1) is 19.0 Å². The number of carbonyl (C=O) groups excluding carboxylic acids is 1. The second kappa shape index (κ2) is 10.5. The van der Waals surface area contributed by atoms with Crippen LogP contribution in [0.15, 0.2) is 53.7 Å². The lowest BCUT2D eigenvalue weighted by molar-refractivity contribution is -0.113. The molecular weight excluding hydrogens is 426 g/mol. The van der Waals surface area contributed by atoms with E-state index in [1.165, 1.54) is 11.8 Å². The molecule has 0 aliphatic carbocycles. The van der Waals surface area contributed by atoms with Crippen LogP contribution in [0.4, 0.5) is 11.6 Å². The molecule has 0 saturated carbocycles. The van der Waals surface area contributed by atoms with E-state index in [4.69, 9.17) is 9.47 Å². The molecule has 168 valence electrons. The first-order valence-electron chi connectivity index (χ1n) is 10.7. The van der Waals surface area contributed by atoms with Gasteiger partial charge < -0.3 is 19.7 Å². The summed E-state index contributed by atoms with van der Waals surface area (Å²) in [7, 11) is 0. The number of ether oxygens (including phenoxy) is 2. The summed E-state index contributed by atoms with van der Waals surface area (Å²) in [4.78, 5) is 14.6. The molecular formula is C23H27N5O3S. The Labute approximate surface area is 191 Å². The molecule has 1 aliphatic heterocycles. The van der Waals surface area contributed by atoms with Gasteiger partial charge in [0, 0.05) is 25.3 Å². The number of amides is 1. The Morgan fingerprint density at radius 1 is 1.12 bits per heavy atom. The second-order valence-electron chi connectivity index (χ2n) is 7.41. The van der Waals surface area contributed by atoms with Crippen molar-refractivity contribution in [2.24, 2.45) is 0 Å². The number of aromatic nitrogens is 3. The highest BCUT2D eigenvalue weighted by Crippen LogP contribution is 2.25. The molecule has 9 heteroatoms. The van der Waals surface area contributed by atoms with Crippen LogP contribution in [0, 0.1) is 6.92 Å². The van der Waals surface area contributed by atoms with Crippen molar-refractivity contribution in [1.29, 1.82) is 0 Å². The zero-order valence-corrected chi connectivity index (χ0v) is 19.1. The van der Waals surface area contributed by atoms with Crippen molar-refractivity contribution in [1.82, 2.24) is 14.8 Å². The fraction of sp³-hybridized carbons (Fsp3) is 0.348. The third-order valence-corrected chi connectivity index (χ3v) is 5.97. The Balaban J connectivity index is 1.31. The largest absolute Gasteiger partial charge is 0.457 e. The van der Waals surface area contributed by atoms with Gasteiger partial charge in [-0.1, -0.05) is 23.9 Å². The molecule has 0 radical (unpaired) electrons. The number of anilines is 2.